The molecule has 0 atom stereocenters. The van der Waals surface area contributed by atoms with Gasteiger partial charge in [-0.2, -0.15) is 5.26 Å². The van der Waals surface area contributed by atoms with Gasteiger partial charge in [0.1, 0.15) is 11.1 Å². The molecule has 0 aliphatic rings. The maximum Gasteiger partial charge on any atom is 0.235 e. The number of carbonyl (C=O) groups excluding carboxylic acids is 1. The summed E-state index contributed by atoms with van der Waals surface area (Å²) in [4.78, 5) is 11.9. The van der Waals surface area contributed by atoms with Crippen molar-refractivity contribution in [3.63, 3.8) is 0 Å². The topological polar surface area (TPSA) is 90.7 Å². The minimum absolute atomic E-state index is 0.153. The zero-order valence-electron chi connectivity index (χ0n) is 12.0. The number of nitrogens with one attached hydrogen (secondary N) is 2. The SMILES string of the molecule is CCCCNc1nnc(SCC(=O)Nc2sccc2C#N)s1. The number of amides is 1. The quantitative estimate of drug-likeness (QED) is 0.558. The Morgan fingerprint density at radius 1 is 1.50 bits per heavy atom. The number of nitrogens with zero attached hydrogens (tertiary/aromatic N) is 3. The van der Waals surface area contributed by atoms with Crippen LogP contribution in [0.5, 0.6) is 0 Å². The van der Waals surface area contributed by atoms with Gasteiger partial charge in [0.15, 0.2) is 4.34 Å². The second-order valence-electron chi connectivity index (χ2n) is 4.27. The Kier molecular flexibility index (Phi) is 6.64. The number of unbranched alkanes of at least 4 members (excludes halogenated alkanes) is 1. The molecule has 116 valence electrons. The van der Waals surface area contributed by atoms with E-state index < -0.39 is 0 Å². The average molecular weight is 353 g/mol. The summed E-state index contributed by atoms with van der Waals surface area (Å²) in [7, 11) is 0. The van der Waals surface area contributed by atoms with Gasteiger partial charge < -0.3 is 10.6 Å². The monoisotopic (exact) mass is 353 g/mol. The van der Waals surface area contributed by atoms with E-state index in [1.165, 1.54) is 34.4 Å². The molecule has 0 bridgehead atoms. The van der Waals surface area contributed by atoms with E-state index in [0.717, 1.165) is 28.9 Å². The summed E-state index contributed by atoms with van der Waals surface area (Å²) in [6, 6.07) is 3.73. The summed E-state index contributed by atoms with van der Waals surface area (Å²) in [6.45, 7) is 3.01. The normalized spacial score (nSPS) is 10.2. The predicted octanol–water partition coefficient (Wildman–Crippen LogP) is 3.41. The molecule has 2 aromatic heterocycles. The van der Waals surface area contributed by atoms with Crippen LogP contribution in [-0.2, 0) is 4.79 Å². The Morgan fingerprint density at radius 3 is 3.14 bits per heavy atom. The molecule has 1 amide bonds. The fourth-order valence-electron chi connectivity index (χ4n) is 1.50. The van der Waals surface area contributed by atoms with Crippen molar-refractivity contribution in [3.05, 3.63) is 17.0 Å². The molecule has 0 aromatic carbocycles. The first-order valence-electron chi connectivity index (χ1n) is 6.70. The minimum Gasteiger partial charge on any atom is -0.360 e. The molecule has 9 heteroatoms. The first-order valence-corrected chi connectivity index (χ1v) is 9.38. The number of hydrogen-bond donors (Lipinski definition) is 2. The number of rotatable bonds is 8. The van der Waals surface area contributed by atoms with Crippen LogP contribution in [0.2, 0.25) is 0 Å². The van der Waals surface area contributed by atoms with Crippen LogP contribution in [0, 0.1) is 11.3 Å². The molecule has 0 unspecified atom stereocenters. The van der Waals surface area contributed by atoms with Crippen molar-refractivity contribution >= 4 is 50.5 Å². The van der Waals surface area contributed by atoms with E-state index in [0.29, 0.717) is 10.6 Å². The fourth-order valence-corrected chi connectivity index (χ4v) is 3.83. The van der Waals surface area contributed by atoms with E-state index in [2.05, 4.69) is 27.8 Å². The zero-order chi connectivity index (χ0) is 15.8. The first kappa shape index (κ1) is 16.7. The second kappa shape index (κ2) is 8.73. The molecule has 0 spiro atoms. The molecule has 0 fully saturated rings. The van der Waals surface area contributed by atoms with Gasteiger partial charge in [-0.3, -0.25) is 4.79 Å². The van der Waals surface area contributed by atoms with Gasteiger partial charge in [-0.25, -0.2) is 0 Å². The van der Waals surface area contributed by atoms with Gasteiger partial charge in [-0.05, 0) is 17.9 Å². The van der Waals surface area contributed by atoms with Crippen LogP contribution in [0.4, 0.5) is 10.1 Å². The lowest BCUT2D eigenvalue weighted by Crippen LogP contribution is -2.13. The molecule has 2 N–H and O–H groups in total. The molecule has 0 radical (unpaired) electrons. The van der Waals surface area contributed by atoms with E-state index in [4.69, 9.17) is 5.26 Å². The second-order valence-corrected chi connectivity index (χ2v) is 7.38. The molecule has 2 heterocycles. The maximum atomic E-state index is 11.9. The lowest BCUT2D eigenvalue weighted by molar-refractivity contribution is -0.113. The highest BCUT2D eigenvalue weighted by molar-refractivity contribution is 8.01. The predicted molar refractivity (Wildman–Crippen MR) is 91.7 cm³/mol. The highest BCUT2D eigenvalue weighted by Crippen LogP contribution is 2.26. The summed E-state index contributed by atoms with van der Waals surface area (Å²) in [5.41, 5.74) is 0.488. The average Bonchev–Trinajstić information content (AvgIpc) is 3.14. The molecule has 2 aromatic rings. The van der Waals surface area contributed by atoms with Crippen molar-refractivity contribution < 1.29 is 4.79 Å². The van der Waals surface area contributed by atoms with E-state index in [1.807, 2.05) is 6.07 Å². The summed E-state index contributed by atoms with van der Waals surface area (Å²) < 4.78 is 0.751. The summed E-state index contributed by atoms with van der Waals surface area (Å²) in [5.74, 6) is 0.0893. The van der Waals surface area contributed by atoms with E-state index in [-0.39, 0.29) is 11.7 Å². The molecular formula is C13H15N5OS3. The van der Waals surface area contributed by atoms with Crippen LogP contribution < -0.4 is 10.6 Å². The van der Waals surface area contributed by atoms with Crippen LogP contribution in [0.1, 0.15) is 25.3 Å². The summed E-state index contributed by atoms with van der Waals surface area (Å²) in [5, 5.41) is 26.1. The van der Waals surface area contributed by atoms with Crippen molar-refractivity contribution in [2.75, 3.05) is 22.9 Å². The van der Waals surface area contributed by atoms with Crippen molar-refractivity contribution in [1.29, 1.82) is 5.26 Å². The molecule has 0 aliphatic heterocycles. The summed E-state index contributed by atoms with van der Waals surface area (Å²) >= 11 is 4.12. The molecule has 22 heavy (non-hydrogen) atoms. The Morgan fingerprint density at radius 2 is 2.36 bits per heavy atom. The summed E-state index contributed by atoms with van der Waals surface area (Å²) in [6.07, 6.45) is 2.22. The lowest BCUT2D eigenvalue weighted by atomic mass is 10.3. The van der Waals surface area contributed by atoms with Gasteiger partial charge in [-0.15, -0.1) is 21.5 Å². The third kappa shape index (κ3) is 4.98. The Hall–Kier alpha value is -1.63. The number of aromatic nitrogens is 2. The van der Waals surface area contributed by atoms with Crippen molar-refractivity contribution in [3.8, 4) is 6.07 Å². The van der Waals surface area contributed by atoms with Gasteiger partial charge in [-0.1, -0.05) is 36.4 Å². The number of hydrogen-bond acceptors (Lipinski definition) is 8. The van der Waals surface area contributed by atoms with Crippen LogP contribution >= 0.6 is 34.4 Å². The number of carbonyl (C=O) groups is 1. The number of thiophene rings is 1. The number of anilines is 2. The highest BCUT2D eigenvalue weighted by Gasteiger charge is 2.11. The Balaban J connectivity index is 1.78. The molecular weight excluding hydrogens is 338 g/mol. The number of nitriles is 1. The van der Waals surface area contributed by atoms with Gasteiger partial charge in [0.25, 0.3) is 0 Å². The van der Waals surface area contributed by atoms with Gasteiger partial charge in [0, 0.05) is 6.54 Å². The van der Waals surface area contributed by atoms with Crippen LogP contribution in [-0.4, -0.2) is 28.4 Å². The largest absolute Gasteiger partial charge is 0.360 e. The van der Waals surface area contributed by atoms with Crippen molar-refractivity contribution in [1.82, 2.24) is 10.2 Å². The van der Waals surface area contributed by atoms with Gasteiger partial charge in [0.05, 0.1) is 11.3 Å². The first-order chi connectivity index (χ1) is 10.7. The number of thioether (sulfide) groups is 1. The minimum atomic E-state index is -0.153. The molecule has 0 saturated carbocycles. The smallest absolute Gasteiger partial charge is 0.235 e. The third-order valence-electron chi connectivity index (χ3n) is 2.58. The Bertz CT molecular complexity index is 661. The van der Waals surface area contributed by atoms with Crippen molar-refractivity contribution in [2.24, 2.45) is 0 Å². The van der Waals surface area contributed by atoms with Crippen LogP contribution in [0.3, 0.4) is 0 Å². The van der Waals surface area contributed by atoms with Gasteiger partial charge in [0.2, 0.25) is 11.0 Å². The standard InChI is InChI=1S/C13H15N5OS3/c1-2-3-5-15-12-17-18-13(22-12)21-8-10(19)16-11-9(7-14)4-6-20-11/h4,6H,2-3,5,8H2,1H3,(H,15,17)(H,16,19). The molecule has 0 saturated heterocycles. The van der Waals surface area contributed by atoms with Crippen molar-refractivity contribution in [2.45, 2.75) is 24.1 Å². The molecule has 6 nitrogen and oxygen atoms in total. The molecule has 2 rings (SSSR count). The van der Waals surface area contributed by atoms with Gasteiger partial charge >= 0.3 is 0 Å². The highest BCUT2D eigenvalue weighted by atomic mass is 32.2. The van der Waals surface area contributed by atoms with E-state index in [1.54, 1.807) is 11.4 Å². The van der Waals surface area contributed by atoms with Crippen LogP contribution in [0.15, 0.2) is 15.8 Å². The third-order valence-corrected chi connectivity index (χ3v) is 5.42. The Labute approximate surface area is 141 Å². The maximum absolute atomic E-state index is 11.9. The molecule has 0 aliphatic carbocycles. The van der Waals surface area contributed by atoms with E-state index >= 15 is 0 Å². The zero-order valence-corrected chi connectivity index (χ0v) is 14.4. The van der Waals surface area contributed by atoms with Crippen LogP contribution in [0.25, 0.3) is 0 Å². The lowest BCUT2D eigenvalue weighted by Gasteiger charge is -2.01. The van der Waals surface area contributed by atoms with E-state index in [9.17, 15) is 4.79 Å². The fraction of sp³-hybridized carbons (Fsp3) is 0.385.